The van der Waals surface area contributed by atoms with Crippen molar-refractivity contribution in [2.24, 2.45) is 0 Å². The van der Waals surface area contributed by atoms with Gasteiger partial charge in [0.05, 0.1) is 17.6 Å². The highest BCUT2D eigenvalue weighted by atomic mass is 16.3. The Labute approximate surface area is 191 Å². The van der Waals surface area contributed by atoms with E-state index < -0.39 is 0 Å². The molecule has 1 unspecified atom stereocenters. The summed E-state index contributed by atoms with van der Waals surface area (Å²) in [6.45, 7) is 5.89. The van der Waals surface area contributed by atoms with Crippen molar-refractivity contribution in [1.82, 2.24) is 15.4 Å². The van der Waals surface area contributed by atoms with Gasteiger partial charge in [-0.1, -0.05) is 59.8 Å². The summed E-state index contributed by atoms with van der Waals surface area (Å²) in [6.07, 6.45) is 1.77. The van der Waals surface area contributed by atoms with Crippen LogP contribution in [0.25, 0.3) is 33.6 Å². The van der Waals surface area contributed by atoms with Crippen LogP contribution in [0.3, 0.4) is 0 Å². The molecule has 5 rings (SSSR count). The summed E-state index contributed by atoms with van der Waals surface area (Å²) in [5, 5.41) is 14.9. The molecule has 2 heterocycles. The predicted octanol–water partition coefficient (Wildman–Crippen LogP) is 6.04. The number of benzene rings is 3. The van der Waals surface area contributed by atoms with Crippen molar-refractivity contribution in [3.8, 4) is 22.6 Å². The third-order valence-electron chi connectivity index (χ3n) is 5.89. The molecule has 2 N–H and O–H groups in total. The van der Waals surface area contributed by atoms with Crippen LogP contribution in [0, 0.1) is 13.8 Å². The molecule has 0 aliphatic heterocycles. The molecule has 0 aliphatic rings. The Morgan fingerprint density at radius 1 is 1.00 bits per heavy atom. The molecule has 0 saturated carbocycles. The molecule has 0 saturated heterocycles. The minimum absolute atomic E-state index is 0.00440. The average molecular weight is 437 g/mol. The first-order valence-corrected chi connectivity index (χ1v) is 10.9. The molecule has 6 nitrogen and oxygen atoms in total. The second-order valence-corrected chi connectivity index (χ2v) is 8.25. The first-order valence-electron chi connectivity index (χ1n) is 10.9. The Balaban J connectivity index is 1.64. The number of aromatic nitrogens is 3. The molecule has 0 radical (unpaired) electrons. The van der Waals surface area contributed by atoms with Crippen LogP contribution in [0.1, 0.15) is 29.7 Å². The molecule has 2 aromatic heterocycles. The quantitative estimate of drug-likeness (QED) is 0.351. The van der Waals surface area contributed by atoms with Gasteiger partial charge in [0, 0.05) is 27.9 Å². The number of hydrogen-bond donors (Lipinski definition) is 2. The fourth-order valence-corrected chi connectivity index (χ4v) is 4.23. The summed E-state index contributed by atoms with van der Waals surface area (Å²) in [5.41, 5.74) is 6.66. The normalized spacial score (nSPS) is 12.1. The number of H-pyrrole nitrogens is 1. The van der Waals surface area contributed by atoms with Crippen LogP contribution >= 0.6 is 0 Å². The highest BCUT2D eigenvalue weighted by Crippen LogP contribution is 2.34. The Bertz CT molecular complexity index is 1490. The second-order valence-electron chi connectivity index (χ2n) is 8.25. The van der Waals surface area contributed by atoms with Crippen molar-refractivity contribution in [2.45, 2.75) is 26.8 Å². The van der Waals surface area contributed by atoms with Crippen LogP contribution in [-0.2, 0) is 0 Å². The first kappa shape index (κ1) is 20.7. The Morgan fingerprint density at radius 3 is 2.52 bits per heavy atom. The molecule has 1 atom stereocenters. The van der Waals surface area contributed by atoms with Crippen molar-refractivity contribution in [1.29, 1.82) is 0 Å². The molecule has 0 spiro atoms. The van der Waals surface area contributed by atoms with Gasteiger partial charge in [0.25, 0.3) is 0 Å². The Kier molecular flexibility index (Phi) is 5.26. The van der Waals surface area contributed by atoms with Gasteiger partial charge in [-0.15, -0.1) is 5.10 Å². The summed E-state index contributed by atoms with van der Waals surface area (Å²) in [5.74, 6) is 0.605. The SMILES string of the molecule is Cc1cc(C(C)Nc2ccccc2-c2c[nH]nn2)c2oc(-c3ccccc3)c(C)c(=O)c2c1. The number of nitrogens with one attached hydrogen (secondary N) is 2. The summed E-state index contributed by atoms with van der Waals surface area (Å²) >= 11 is 0. The molecule has 0 aliphatic carbocycles. The van der Waals surface area contributed by atoms with Crippen molar-refractivity contribution < 1.29 is 4.42 Å². The predicted molar refractivity (Wildman–Crippen MR) is 131 cm³/mol. The van der Waals surface area contributed by atoms with Crippen LogP contribution in [0.5, 0.6) is 0 Å². The Morgan fingerprint density at radius 2 is 1.76 bits per heavy atom. The number of rotatable bonds is 5. The number of aromatic amines is 1. The fourth-order valence-electron chi connectivity index (χ4n) is 4.23. The molecule has 5 aromatic rings. The van der Waals surface area contributed by atoms with E-state index in [1.54, 1.807) is 6.20 Å². The summed E-state index contributed by atoms with van der Waals surface area (Å²) in [4.78, 5) is 13.3. The fraction of sp³-hybridized carbons (Fsp3) is 0.148. The maximum Gasteiger partial charge on any atom is 0.196 e. The van der Waals surface area contributed by atoms with E-state index in [0.717, 1.165) is 33.6 Å². The monoisotopic (exact) mass is 436 g/mol. The molecule has 6 heteroatoms. The lowest BCUT2D eigenvalue weighted by Crippen LogP contribution is -2.12. The smallest absolute Gasteiger partial charge is 0.196 e. The Hall–Kier alpha value is -4.19. The van der Waals surface area contributed by atoms with E-state index in [2.05, 4.69) is 33.7 Å². The number of fused-ring (bicyclic) bond motifs is 1. The van der Waals surface area contributed by atoms with Gasteiger partial charge in [-0.2, -0.15) is 0 Å². The van der Waals surface area contributed by atoms with Crippen molar-refractivity contribution in [2.75, 3.05) is 5.32 Å². The number of hydrogen-bond acceptors (Lipinski definition) is 5. The van der Waals surface area contributed by atoms with Gasteiger partial charge < -0.3 is 9.73 Å². The molecule has 0 fully saturated rings. The van der Waals surface area contributed by atoms with Gasteiger partial charge >= 0.3 is 0 Å². The number of anilines is 1. The zero-order valence-corrected chi connectivity index (χ0v) is 18.7. The van der Waals surface area contributed by atoms with Crippen LogP contribution in [0.4, 0.5) is 5.69 Å². The molecular weight excluding hydrogens is 412 g/mol. The number of nitrogens with zero attached hydrogens (tertiary/aromatic N) is 2. The van der Waals surface area contributed by atoms with E-state index >= 15 is 0 Å². The molecule has 0 bridgehead atoms. The molecule has 3 aromatic carbocycles. The van der Waals surface area contributed by atoms with E-state index in [1.165, 1.54) is 0 Å². The standard InChI is InChI=1S/C27H24N4O2/c1-16-13-21(18(3)29-23-12-8-7-11-20(23)24-15-28-31-30-24)27-22(14-16)25(32)17(2)26(33-27)19-9-5-4-6-10-19/h4-15,18,29H,1-3H3,(H,28,30,31). The van der Waals surface area contributed by atoms with Crippen LogP contribution < -0.4 is 10.7 Å². The highest BCUT2D eigenvalue weighted by Gasteiger charge is 2.19. The van der Waals surface area contributed by atoms with Gasteiger partial charge in [-0.3, -0.25) is 9.89 Å². The van der Waals surface area contributed by atoms with Gasteiger partial charge in [0.15, 0.2) is 5.43 Å². The third-order valence-corrected chi connectivity index (χ3v) is 5.89. The van der Waals surface area contributed by atoms with Gasteiger partial charge in [0.2, 0.25) is 0 Å². The number of aryl methyl sites for hydroxylation is 1. The minimum Gasteiger partial charge on any atom is -0.455 e. The van der Waals surface area contributed by atoms with E-state index in [4.69, 9.17) is 4.42 Å². The highest BCUT2D eigenvalue weighted by molar-refractivity contribution is 5.85. The van der Waals surface area contributed by atoms with Crippen LogP contribution in [-0.4, -0.2) is 15.4 Å². The minimum atomic E-state index is -0.130. The van der Waals surface area contributed by atoms with Crippen LogP contribution in [0.2, 0.25) is 0 Å². The van der Waals surface area contributed by atoms with Crippen molar-refractivity contribution in [3.05, 3.63) is 99.8 Å². The second kappa shape index (κ2) is 8.39. The van der Waals surface area contributed by atoms with E-state index in [-0.39, 0.29) is 11.5 Å². The van der Waals surface area contributed by atoms with E-state index in [1.807, 2.05) is 74.5 Å². The largest absolute Gasteiger partial charge is 0.455 e. The third kappa shape index (κ3) is 3.80. The summed E-state index contributed by atoms with van der Waals surface area (Å²) in [7, 11) is 0. The first-order chi connectivity index (χ1) is 16.0. The van der Waals surface area contributed by atoms with Crippen molar-refractivity contribution in [3.63, 3.8) is 0 Å². The maximum atomic E-state index is 13.3. The summed E-state index contributed by atoms with van der Waals surface area (Å²) in [6, 6.07) is 21.6. The van der Waals surface area contributed by atoms with E-state index in [9.17, 15) is 4.79 Å². The van der Waals surface area contributed by atoms with Gasteiger partial charge in [-0.05, 0) is 38.5 Å². The van der Waals surface area contributed by atoms with Gasteiger partial charge in [-0.25, -0.2) is 0 Å². The zero-order valence-electron chi connectivity index (χ0n) is 18.7. The maximum absolute atomic E-state index is 13.3. The van der Waals surface area contributed by atoms with Crippen molar-refractivity contribution >= 4 is 16.7 Å². The molecule has 164 valence electrons. The number of para-hydroxylation sites is 1. The average Bonchev–Trinajstić information content (AvgIpc) is 3.37. The molecule has 0 amide bonds. The lowest BCUT2D eigenvalue weighted by atomic mass is 9.98. The molecular formula is C27H24N4O2. The topological polar surface area (TPSA) is 83.8 Å². The summed E-state index contributed by atoms with van der Waals surface area (Å²) < 4.78 is 6.44. The lowest BCUT2D eigenvalue weighted by molar-refractivity contribution is 0.605. The van der Waals surface area contributed by atoms with Crippen LogP contribution in [0.15, 0.2) is 82.1 Å². The lowest BCUT2D eigenvalue weighted by Gasteiger charge is -2.20. The molecule has 33 heavy (non-hydrogen) atoms. The van der Waals surface area contributed by atoms with Gasteiger partial charge in [0.1, 0.15) is 17.0 Å². The zero-order chi connectivity index (χ0) is 22.9. The van der Waals surface area contributed by atoms with E-state index in [0.29, 0.717) is 22.3 Å².